The Morgan fingerprint density at radius 3 is 2.53 bits per heavy atom. The molecule has 1 aliphatic heterocycles. The highest BCUT2D eigenvalue weighted by atomic mass is 35.5. The quantitative estimate of drug-likeness (QED) is 0.361. The molecule has 2 heterocycles. The van der Waals surface area contributed by atoms with E-state index in [1.165, 1.54) is 5.56 Å². The molecule has 4 nitrogen and oxygen atoms in total. The maximum atomic E-state index is 13.7. The zero-order chi connectivity index (χ0) is 22.2. The van der Waals surface area contributed by atoms with Gasteiger partial charge in [-0.1, -0.05) is 65.7 Å². The van der Waals surface area contributed by atoms with Crippen LogP contribution in [0.4, 0.5) is 10.5 Å². The largest absolute Gasteiger partial charge is 0.322 e. The molecule has 1 aromatic heterocycles. The van der Waals surface area contributed by atoms with Gasteiger partial charge in [-0.05, 0) is 60.9 Å². The van der Waals surface area contributed by atoms with Gasteiger partial charge in [0.25, 0.3) is 0 Å². The van der Waals surface area contributed by atoms with E-state index in [2.05, 4.69) is 65.5 Å². The predicted molar refractivity (Wildman–Crippen MR) is 130 cm³/mol. The Labute approximate surface area is 193 Å². The minimum absolute atomic E-state index is 0.162. The van der Waals surface area contributed by atoms with Crippen molar-refractivity contribution in [1.82, 2.24) is 9.47 Å². The number of hydrogen-bond acceptors (Lipinski definition) is 1. The number of nitrogens with zero attached hydrogens (tertiary/aromatic N) is 2. The van der Waals surface area contributed by atoms with E-state index in [4.69, 9.17) is 11.6 Å². The Balaban J connectivity index is 1.64. The zero-order valence-electron chi connectivity index (χ0n) is 18.0. The first kappa shape index (κ1) is 20.4. The van der Waals surface area contributed by atoms with Gasteiger partial charge in [-0.15, -0.1) is 0 Å². The number of urea groups is 1. The predicted octanol–water partition coefficient (Wildman–Crippen LogP) is 6.88. The molecule has 1 atom stereocenters. The third-order valence-electron chi connectivity index (χ3n) is 6.13. The van der Waals surface area contributed by atoms with Crippen LogP contribution in [0.15, 0.2) is 85.1 Å². The van der Waals surface area contributed by atoms with Crippen LogP contribution in [0.1, 0.15) is 34.0 Å². The number of benzene rings is 3. The number of aromatic nitrogens is 1. The number of para-hydroxylation sites is 1. The number of aryl methyl sites for hydroxylation is 1. The Hall–Kier alpha value is -3.50. The van der Waals surface area contributed by atoms with E-state index in [1.807, 2.05) is 48.2 Å². The van der Waals surface area contributed by atoms with Crippen LogP contribution in [0.25, 0.3) is 5.69 Å². The molecule has 1 unspecified atom stereocenters. The zero-order valence-corrected chi connectivity index (χ0v) is 18.8. The first-order chi connectivity index (χ1) is 15.5. The molecule has 0 fully saturated rings. The summed E-state index contributed by atoms with van der Waals surface area (Å²) in [5.41, 5.74) is 7.08. The number of halogens is 1. The summed E-state index contributed by atoms with van der Waals surface area (Å²) in [6.45, 7) is 4.47. The van der Waals surface area contributed by atoms with Crippen LogP contribution in [-0.4, -0.2) is 15.5 Å². The Kier molecular flexibility index (Phi) is 5.24. The molecule has 5 rings (SSSR count). The lowest BCUT2D eigenvalue weighted by molar-refractivity contribution is 0.194. The van der Waals surface area contributed by atoms with Gasteiger partial charge < -0.3 is 14.8 Å². The first-order valence-corrected chi connectivity index (χ1v) is 11.1. The van der Waals surface area contributed by atoms with Crippen molar-refractivity contribution in [3.63, 3.8) is 0 Å². The van der Waals surface area contributed by atoms with E-state index in [0.29, 0.717) is 11.6 Å². The van der Waals surface area contributed by atoms with Crippen LogP contribution >= 0.6 is 11.6 Å². The number of carbonyl (C=O) groups excluding carboxylic acids is 1. The van der Waals surface area contributed by atoms with Gasteiger partial charge in [-0.3, -0.25) is 0 Å². The SMILES string of the molecule is Cc1ccc(C2c3cccn3-c3ccccc3CN2C(=O)Nc2cccc(Cl)c2C)cc1. The van der Waals surface area contributed by atoms with Crippen LogP contribution < -0.4 is 5.32 Å². The fourth-order valence-electron chi connectivity index (χ4n) is 4.37. The van der Waals surface area contributed by atoms with Crippen molar-refractivity contribution in [2.24, 2.45) is 0 Å². The van der Waals surface area contributed by atoms with Gasteiger partial charge in [0.2, 0.25) is 0 Å². The molecule has 0 saturated heterocycles. The molecule has 160 valence electrons. The fourth-order valence-corrected chi connectivity index (χ4v) is 4.54. The molecule has 1 N–H and O–H groups in total. The topological polar surface area (TPSA) is 37.3 Å². The standard InChI is InChI=1S/C27H24ClN3O/c1-18-12-14-20(15-13-18)26-25-11-6-16-30(25)24-10-4-3-7-21(24)17-31(26)27(32)29-23-9-5-8-22(28)19(23)2/h3-16,26H,17H2,1-2H3,(H,29,32). The molecule has 3 aromatic carbocycles. The third-order valence-corrected chi connectivity index (χ3v) is 6.54. The lowest BCUT2D eigenvalue weighted by atomic mass is 10.0. The first-order valence-electron chi connectivity index (χ1n) is 10.7. The summed E-state index contributed by atoms with van der Waals surface area (Å²) >= 11 is 6.30. The Bertz CT molecular complexity index is 1290. The highest BCUT2D eigenvalue weighted by Gasteiger charge is 2.33. The van der Waals surface area contributed by atoms with E-state index in [-0.39, 0.29) is 12.1 Å². The van der Waals surface area contributed by atoms with Crippen LogP contribution in [0, 0.1) is 13.8 Å². The van der Waals surface area contributed by atoms with Gasteiger partial charge in [0, 0.05) is 22.6 Å². The second-order valence-corrected chi connectivity index (χ2v) is 8.62. The number of fused-ring (bicyclic) bond motifs is 3. The molecular formula is C27H24ClN3O. The van der Waals surface area contributed by atoms with E-state index in [9.17, 15) is 4.79 Å². The lowest BCUT2D eigenvalue weighted by Gasteiger charge is -2.31. The summed E-state index contributed by atoms with van der Waals surface area (Å²) in [5, 5.41) is 3.74. The van der Waals surface area contributed by atoms with Crippen LogP contribution in [0.3, 0.4) is 0 Å². The van der Waals surface area contributed by atoms with Crippen molar-refractivity contribution >= 4 is 23.3 Å². The third kappa shape index (κ3) is 3.57. The van der Waals surface area contributed by atoms with Crippen molar-refractivity contribution in [3.05, 3.63) is 118 Å². The average Bonchev–Trinajstić information content (AvgIpc) is 3.22. The van der Waals surface area contributed by atoms with Gasteiger partial charge in [0.05, 0.1) is 18.3 Å². The van der Waals surface area contributed by atoms with Gasteiger partial charge in [-0.2, -0.15) is 0 Å². The molecular weight excluding hydrogens is 418 g/mol. The Morgan fingerprint density at radius 2 is 1.72 bits per heavy atom. The molecule has 2 amide bonds. The van der Waals surface area contributed by atoms with Gasteiger partial charge >= 0.3 is 6.03 Å². The van der Waals surface area contributed by atoms with E-state index in [1.54, 1.807) is 0 Å². The Morgan fingerprint density at radius 1 is 0.938 bits per heavy atom. The number of rotatable bonds is 2. The monoisotopic (exact) mass is 441 g/mol. The van der Waals surface area contributed by atoms with E-state index in [0.717, 1.165) is 33.8 Å². The second-order valence-electron chi connectivity index (χ2n) is 8.22. The number of anilines is 1. The van der Waals surface area contributed by atoms with Gasteiger partial charge in [0.1, 0.15) is 0 Å². The van der Waals surface area contributed by atoms with Crippen molar-refractivity contribution in [1.29, 1.82) is 0 Å². The summed E-state index contributed by atoms with van der Waals surface area (Å²) in [6, 6.07) is 26.0. The summed E-state index contributed by atoms with van der Waals surface area (Å²) in [5.74, 6) is 0. The van der Waals surface area contributed by atoms with E-state index >= 15 is 0 Å². The number of nitrogens with one attached hydrogen (secondary N) is 1. The molecule has 0 saturated carbocycles. The molecule has 32 heavy (non-hydrogen) atoms. The van der Waals surface area contributed by atoms with Crippen molar-refractivity contribution in [3.8, 4) is 5.69 Å². The van der Waals surface area contributed by atoms with Crippen LogP contribution in [-0.2, 0) is 6.54 Å². The second kappa shape index (κ2) is 8.21. The molecule has 0 bridgehead atoms. The fraction of sp³-hybridized carbons (Fsp3) is 0.148. The summed E-state index contributed by atoms with van der Waals surface area (Å²) in [4.78, 5) is 15.6. The van der Waals surface area contributed by atoms with Gasteiger partial charge in [0.15, 0.2) is 0 Å². The molecule has 0 aliphatic carbocycles. The van der Waals surface area contributed by atoms with E-state index < -0.39 is 0 Å². The molecule has 5 heteroatoms. The maximum Gasteiger partial charge on any atom is 0.322 e. The molecule has 0 radical (unpaired) electrons. The van der Waals surface area contributed by atoms with Crippen LogP contribution in [0.2, 0.25) is 5.02 Å². The number of carbonyl (C=O) groups is 1. The molecule has 0 spiro atoms. The lowest BCUT2D eigenvalue weighted by Crippen LogP contribution is -2.38. The number of hydrogen-bond donors (Lipinski definition) is 1. The summed E-state index contributed by atoms with van der Waals surface area (Å²) < 4.78 is 2.19. The number of amides is 2. The average molecular weight is 442 g/mol. The molecule has 1 aliphatic rings. The highest BCUT2D eigenvalue weighted by Crippen LogP contribution is 2.37. The van der Waals surface area contributed by atoms with Crippen molar-refractivity contribution < 1.29 is 4.79 Å². The van der Waals surface area contributed by atoms with Crippen molar-refractivity contribution in [2.45, 2.75) is 26.4 Å². The summed E-state index contributed by atoms with van der Waals surface area (Å²) in [7, 11) is 0. The van der Waals surface area contributed by atoms with Crippen LogP contribution in [0.5, 0.6) is 0 Å². The highest BCUT2D eigenvalue weighted by molar-refractivity contribution is 6.31. The van der Waals surface area contributed by atoms with Crippen molar-refractivity contribution in [2.75, 3.05) is 5.32 Å². The van der Waals surface area contributed by atoms with Gasteiger partial charge in [-0.25, -0.2) is 4.79 Å². The molecule has 4 aromatic rings. The summed E-state index contributed by atoms with van der Waals surface area (Å²) in [6.07, 6.45) is 2.07. The minimum atomic E-state index is -0.238. The normalized spacial score (nSPS) is 15.0. The maximum absolute atomic E-state index is 13.7. The minimum Gasteiger partial charge on any atom is -0.318 e. The smallest absolute Gasteiger partial charge is 0.318 e.